The van der Waals surface area contributed by atoms with Gasteiger partial charge in [0.1, 0.15) is 18.1 Å². The van der Waals surface area contributed by atoms with Gasteiger partial charge in [-0.15, -0.1) is 0 Å². The lowest BCUT2D eigenvalue weighted by Gasteiger charge is -2.25. The highest BCUT2D eigenvalue weighted by Crippen LogP contribution is 2.21. The summed E-state index contributed by atoms with van der Waals surface area (Å²) >= 11 is 0. The van der Waals surface area contributed by atoms with E-state index in [4.69, 9.17) is 17.2 Å². The molecule has 0 fully saturated rings. The lowest BCUT2D eigenvalue weighted by molar-refractivity contribution is -0.137. The number of aliphatic imine (C=N–C) groups is 1. The molecule has 4 aromatic carbocycles. The van der Waals surface area contributed by atoms with Gasteiger partial charge in [-0.3, -0.25) is 29.0 Å². The van der Waals surface area contributed by atoms with Gasteiger partial charge in [0.25, 0.3) is 5.91 Å². The summed E-state index contributed by atoms with van der Waals surface area (Å²) in [7, 11) is 0. The molecule has 4 aromatic rings. The van der Waals surface area contributed by atoms with Crippen LogP contribution < -0.4 is 33.2 Å². The van der Waals surface area contributed by atoms with Crippen LogP contribution in [0.25, 0.3) is 21.9 Å². The highest BCUT2D eigenvalue weighted by Gasteiger charge is 2.30. The first-order valence-corrected chi connectivity index (χ1v) is 16.1. The monoisotopic (exact) mass is 679 g/mol. The number of carbonyl (C=O) groups is 5. The van der Waals surface area contributed by atoms with Crippen LogP contribution in [0.2, 0.25) is 0 Å². The molecule has 0 bridgehead atoms. The van der Waals surface area contributed by atoms with E-state index in [2.05, 4.69) is 20.9 Å². The van der Waals surface area contributed by atoms with E-state index in [1.807, 2.05) is 72.8 Å². The maximum atomic E-state index is 13.8. The van der Waals surface area contributed by atoms with Crippen molar-refractivity contribution >= 4 is 46.3 Å². The van der Waals surface area contributed by atoms with Crippen molar-refractivity contribution in [3.63, 3.8) is 0 Å². The van der Waals surface area contributed by atoms with E-state index in [0.29, 0.717) is 22.9 Å². The van der Waals surface area contributed by atoms with Gasteiger partial charge in [0.15, 0.2) is 5.96 Å². The molecule has 13 nitrogen and oxygen atoms in total. The molecular weight excluding hydrogens is 638 g/mol. The van der Waals surface area contributed by atoms with Crippen molar-refractivity contribution in [2.24, 2.45) is 22.2 Å². The largest absolute Gasteiger partial charge is 0.481 e. The second-order valence-electron chi connectivity index (χ2n) is 11.7. The van der Waals surface area contributed by atoms with Gasteiger partial charge >= 0.3 is 5.97 Å². The molecular formula is C37H41N7O6. The van der Waals surface area contributed by atoms with Gasteiger partial charge in [0.05, 0.1) is 0 Å². The minimum atomic E-state index is -1.31. The Morgan fingerprint density at radius 1 is 0.660 bits per heavy atom. The molecule has 0 aliphatic rings. The Hall–Kier alpha value is -6.24. The van der Waals surface area contributed by atoms with Crippen LogP contribution in [0.3, 0.4) is 0 Å². The first kappa shape index (κ1) is 36.6. The number of fused-ring (bicyclic) bond motifs is 1. The Kier molecular flexibility index (Phi) is 13.0. The second-order valence-corrected chi connectivity index (χ2v) is 11.7. The SMILES string of the molecule is NC(=O)[C@H](CCCN=C(N)N)NC(=O)[C@H](Cc1ccc(-c2ccccc2)cc1)NC(=O)[C@H](CCC(=O)O)NC(=O)c1cccc2ccccc12. The molecule has 260 valence electrons. The molecule has 0 saturated carbocycles. The van der Waals surface area contributed by atoms with E-state index in [0.717, 1.165) is 16.5 Å². The van der Waals surface area contributed by atoms with Crippen LogP contribution in [0.4, 0.5) is 0 Å². The smallest absolute Gasteiger partial charge is 0.303 e. The van der Waals surface area contributed by atoms with Crippen LogP contribution in [-0.2, 0) is 25.6 Å². The van der Waals surface area contributed by atoms with E-state index >= 15 is 0 Å². The summed E-state index contributed by atoms with van der Waals surface area (Å²) in [6.45, 7) is 0.206. The van der Waals surface area contributed by atoms with Crippen molar-refractivity contribution < 1.29 is 29.1 Å². The maximum absolute atomic E-state index is 13.8. The predicted octanol–water partition coefficient (Wildman–Crippen LogP) is 2.22. The number of carboxylic acids is 1. The van der Waals surface area contributed by atoms with Gasteiger partial charge < -0.3 is 38.3 Å². The fraction of sp³-hybridized carbons (Fsp3) is 0.243. The Morgan fingerprint density at radius 2 is 1.28 bits per heavy atom. The number of nitrogens with zero attached hydrogens (tertiary/aromatic N) is 1. The molecule has 0 spiro atoms. The number of carboxylic acid groups (broad SMARTS) is 1. The first-order chi connectivity index (χ1) is 24.0. The number of hydrogen-bond acceptors (Lipinski definition) is 6. The van der Waals surface area contributed by atoms with Crippen molar-refractivity contribution in [3.8, 4) is 11.1 Å². The van der Waals surface area contributed by atoms with Gasteiger partial charge in [-0.1, -0.05) is 91.0 Å². The Morgan fingerprint density at radius 3 is 1.96 bits per heavy atom. The van der Waals surface area contributed by atoms with Gasteiger partial charge in [0.2, 0.25) is 17.7 Å². The Bertz CT molecular complexity index is 1840. The summed E-state index contributed by atoms with van der Waals surface area (Å²) < 4.78 is 0. The molecule has 0 aliphatic heterocycles. The van der Waals surface area contributed by atoms with Crippen molar-refractivity contribution in [2.45, 2.75) is 50.2 Å². The van der Waals surface area contributed by atoms with Crippen molar-refractivity contribution in [1.82, 2.24) is 16.0 Å². The van der Waals surface area contributed by atoms with Crippen LogP contribution in [0.15, 0.2) is 102 Å². The predicted molar refractivity (Wildman–Crippen MR) is 191 cm³/mol. The third kappa shape index (κ3) is 10.6. The summed E-state index contributed by atoms with van der Waals surface area (Å²) in [5.74, 6) is -4.13. The average molecular weight is 680 g/mol. The number of nitrogens with one attached hydrogen (secondary N) is 3. The molecule has 13 heteroatoms. The molecule has 0 saturated heterocycles. The zero-order valence-electron chi connectivity index (χ0n) is 27.4. The average Bonchev–Trinajstić information content (AvgIpc) is 3.10. The Labute approximate surface area is 289 Å². The molecule has 4 rings (SSSR count). The molecule has 10 N–H and O–H groups in total. The number of hydrogen-bond donors (Lipinski definition) is 7. The van der Waals surface area contributed by atoms with E-state index in [1.54, 1.807) is 24.3 Å². The highest BCUT2D eigenvalue weighted by atomic mass is 16.4. The van der Waals surface area contributed by atoms with Crippen LogP contribution in [0, 0.1) is 0 Å². The van der Waals surface area contributed by atoms with Gasteiger partial charge in [0, 0.05) is 24.9 Å². The van der Waals surface area contributed by atoms with Crippen molar-refractivity contribution in [1.29, 1.82) is 0 Å². The lowest BCUT2D eigenvalue weighted by Crippen LogP contribution is -2.57. The standard InChI is InChI=1S/C37H41N7O6/c38-33(47)29(14-7-21-41-37(39)40)42-36(50)31(22-23-15-17-25(18-16-23)24-8-2-1-3-9-24)44-35(49)30(19-20-32(45)46)43-34(48)28-13-6-11-26-10-4-5-12-27(26)28/h1-6,8-13,15-18,29-31H,7,14,19-22H2,(H2,38,47)(H,42,50)(H,43,48)(H,44,49)(H,45,46)(H4,39,40,41)/t29-,30-,31-/m0/s1. The maximum Gasteiger partial charge on any atom is 0.303 e. The summed E-state index contributed by atoms with van der Waals surface area (Å²) in [6.07, 6.45) is -0.194. The van der Waals surface area contributed by atoms with Crippen molar-refractivity contribution in [3.05, 3.63) is 108 Å². The van der Waals surface area contributed by atoms with Crippen LogP contribution in [-0.4, -0.2) is 65.3 Å². The van der Waals surface area contributed by atoms with Gasteiger partial charge in [-0.2, -0.15) is 0 Å². The topological polar surface area (TPSA) is 232 Å². The van der Waals surface area contributed by atoms with Gasteiger partial charge in [-0.25, -0.2) is 0 Å². The number of benzene rings is 4. The molecule has 0 aliphatic carbocycles. The highest BCUT2D eigenvalue weighted by molar-refractivity contribution is 6.08. The molecule has 0 radical (unpaired) electrons. The molecule has 0 heterocycles. The number of amides is 4. The first-order valence-electron chi connectivity index (χ1n) is 16.1. The normalized spacial score (nSPS) is 12.6. The lowest BCUT2D eigenvalue weighted by atomic mass is 9.99. The minimum absolute atomic E-state index is 0.00897. The number of guanidine groups is 1. The second kappa shape index (κ2) is 17.8. The van der Waals surface area contributed by atoms with E-state index < -0.39 is 54.1 Å². The zero-order chi connectivity index (χ0) is 36.0. The number of nitrogens with two attached hydrogens (primary N) is 3. The Balaban J connectivity index is 1.58. The third-order valence-corrected chi connectivity index (χ3v) is 8.04. The van der Waals surface area contributed by atoms with E-state index in [9.17, 15) is 29.1 Å². The van der Waals surface area contributed by atoms with Crippen molar-refractivity contribution in [2.75, 3.05) is 6.54 Å². The van der Waals surface area contributed by atoms with E-state index in [1.165, 1.54) is 0 Å². The van der Waals surface area contributed by atoms with Crippen LogP contribution in [0.5, 0.6) is 0 Å². The number of carbonyl (C=O) groups excluding carboxylic acids is 4. The summed E-state index contributed by atoms with van der Waals surface area (Å²) in [6, 6.07) is 25.9. The quantitative estimate of drug-likeness (QED) is 0.0496. The number of rotatable bonds is 17. The number of aliphatic carboxylic acids is 1. The molecule has 0 aromatic heterocycles. The molecule has 3 atom stereocenters. The van der Waals surface area contributed by atoms with E-state index in [-0.39, 0.29) is 31.8 Å². The minimum Gasteiger partial charge on any atom is -0.481 e. The molecule has 50 heavy (non-hydrogen) atoms. The van der Waals surface area contributed by atoms with Crippen LogP contribution >= 0.6 is 0 Å². The summed E-state index contributed by atoms with van der Waals surface area (Å²) in [4.78, 5) is 68.7. The van der Waals surface area contributed by atoms with Gasteiger partial charge in [-0.05, 0) is 52.8 Å². The summed E-state index contributed by atoms with van der Waals surface area (Å²) in [5, 5.41) is 18.8. The third-order valence-electron chi connectivity index (χ3n) is 8.04. The fourth-order valence-electron chi connectivity index (χ4n) is 5.44. The molecule has 0 unspecified atom stereocenters. The fourth-order valence-corrected chi connectivity index (χ4v) is 5.44. The van der Waals surface area contributed by atoms with Crippen LogP contribution in [0.1, 0.15) is 41.6 Å². The number of primary amides is 1. The zero-order valence-corrected chi connectivity index (χ0v) is 27.4. The molecule has 4 amide bonds. The summed E-state index contributed by atoms with van der Waals surface area (Å²) in [5.41, 5.74) is 19.3.